The van der Waals surface area contributed by atoms with Crippen LogP contribution >= 0.6 is 24.0 Å². The molecule has 0 bridgehead atoms. The Labute approximate surface area is 192 Å². The lowest BCUT2D eigenvalue weighted by Gasteiger charge is -2.18. The number of benzene rings is 1. The maximum Gasteiger partial charge on any atom is 0.305 e. The van der Waals surface area contributed by atoms with Gasteiger partial charge < -0.3 is 14.4 Å². The van der Waals surface area contributed by atoms with Crippen molar-refractivity contribution in [1.29, 1.82) is 0 Å². The minimum absolute atomic E-state index is 0.00845. The molecule has 0 aliphatic carbocycles. The predicted molar refractivity (Wildman–Crippen MR) is 126 cm³/mol. The first-order valence-electron chi connectivity index (χ1n) is 10.3. The summed E-state index contributed by atoms with van der Waals surface area (Å²) in [4.78, 5) is 39.9. The van der Waals surface area contributed by atoms with Crippen LogP contribution < -0.4 is 4.74 Å². The van der Waals surface area contributed by atoms with Gasteiger partial charge in [0.1, 0.15) is 10.1 Å². The zero-order valence-corrected chi connectivity index (χ0v) is 19.7. The highest BCUT2D eigenvalue weighted by Gasteiger charge is 2.31. The minimum atomic E-state index is -0.274. The van der Waals surface area contributed by atoms with Gasteiger partial charge in [-0.05, 0) is 51.0 Å². The summed E-state index contributed by atoms with van der Waals surface area (Å²) in [7, 11) is 0. The summed E-state index contributed by atoms with van der Waals surface area (Å²) < 4.78 is 10.9. The molecule has 9 heteroatoms. The molecule has 1 aromatic carbocycles. The van der Waals surface area contributed by atoms with Gasteiger partial charge >= 0.3 is 5.97 Å². The van der Waals surface area contributed by atoms with Crippen molar-refractivity contribution in [1.82, 2.24) is 9.80 Å². The highest BCUT2D eigenvalue weighted by atomic mass is 32.2. The van der Waals surface area contributed by atoms with E-state index in [1.54, 1.807) is 30.0 Å². The second kappa shape index (κ2) is 12.5. The molecular weight excluding hydrogens is 436 g/mol. The first-order valence-corrected chi connectivity index (χ1v) is 11.5. The van der Waals surface area contributed by atoms with E-state index in [4.69, 9.17) is 21.7 Å². The zero-order chi connectivity index (χ0) is 22.8. The van der Waals surface area contributed by atoms with E-state index in [9.17, 15) is 14.4 Å². The molecule has 2 rings (SSSR count). The Morgan fingerprint density at radius 3 is 2.45 bits per heavy atom. The molecular formula is C22H28N2O5S2. The molecule has 0 radical (unpaired) electrons. The number of thiocarbonyl (C=S) groups is 1. The van der Waals surface area contributed by atoms with Gasteiger partial charge in [0.15, 0.2) is 6.61 Å². The Hall–Kier alpha value is -2.39. The molecule has 0 spiro atoms. The molecule has 31 heavy (non-hydrogen) atoms. The van der Waals surface area contributed by atoms with Crippen molar-refractivity contribution < 1.29 is 23.9 Å². The van der Waals surface area contributed by atoms with E-state index in [1.165, 1.54) is 16.7 Å². The van der Waals surface area contributed by atoms with E-state index in [1.807, 2.05) is 26.0 Å². The number of carbonyl (C=O) groups excluding carboxylic acids is 3. The van der Waals surface area contributed by atoms with Crippen molar-refractivity contribution in [2.45, 2.75) is 33.6 Å². The van der Waals surface area contributed by atoms with Gasteiger partial charge in [0.2, 0.25) is 0 Å². The third kappa shape index (κ3) is 7.36. The largest absolute Gasteiger partial charge is 0.484 e. The third-order valence-electron chi connectivity index (χ3n) is 4.60. The normalized spacial score (nSPS) is 14.8. The predicted octanol–water partition coefficient (Wildman–Crippen LogP) is 3.48. The maximum absolute atomic E-state index is 12.7. The summed E-state index contributed by atoms with van der Waals surface area (Å²) in [6.07, 6.45) is 2.52. The fourth-order valence-corrected chi connectivity index (χ4v) is 4.24. The van der Waals surface area contributed by atoms with Crippen molar-refractivity contribution in [3.63, 3.8) is 0 Å². The number of amides is 2. The van der Waals surface area contributed by atoms with Crippen LogP contribution in [0.3, 0.4) is 0 Å². The van der Waals surface area contributed by atoms with Crippen LogP contribution in [-0.4, -0.2) is 64.8 Å². The first-order chi connectivity index (χ1) is 14.9. The van der Waals surface area contributed by atoms with Gasteiger partial charge in [-0.3, -0.25) is 19.3 Å². The molecule has 168 valence electrons. The molecule has 0 saturated carbocycles. The second-order valence-corrected chi connectivity index (χ2v) is 8.34. The zero-order valence-electron chi connectivity index (χ0n) is 18.1. The summed E-state index contributed by atoms with van der Waals surface area (Å²) in [6, 6.07) is 7.18. The lowest BCUT2D eigenvalue weighted by molar-refractivity contribution is -0.143. The maximum atomic E-state index is 12.7. The summed E-state index contributed by atoms with van der Waals surface area (Å²) in [6.45, 7) is 7.64. The van der Waals surface area contributed by atoms with Crippen LogP contribution in [0.15, 0.2) is 29.2 Å². The van der Waals surface area contributed by atoms with Crippen molar-refractivity contribution in [3.8, 4) is 5.75 Å². The molecule has 0 aromatic heterocycles. The summed E-state index contributed by atoms with van der Waals surface area (Å²) in [5.41, 5.74) is 0.828. The monoisotopic (exact) mass is 464 g/mol. The van der Waals surface area contributed by atoms with E-state index in [2.05, 4.69) is 0 Å². The third-order valence-corrected chi connectivity index (χ3v) is 5.98. The number of carbonyl (C=O) groups is 3. The smallest absolute Gasteiger partial charge is 0.305 e. The number of rotatable bonds is 11. The SMILES string of the molecule is CCOC(=O)CCCN1C(=O)/C(=C\c2ccc(OCC(=O)N(CC)CC)cc2)SC1=S. The number of nitrogens with zero attached hydrogens (tertiary/aromatic N) is 2. The van der Waals surface area contributed by atoms with Crippen molar-refractivity contribution in [2.75, 3.05) is 32.8 Å². The van der Waals surface area contributed by atoms with Crippen molar-refractivity contribution in [2.24, 2.45) is 0 Å². The van der Waals surface area contributed by atoms with E-state index in [0.717, 1.165) is 5.56 Å². The molecule has 0 unspecified atom stereocenters. The highest BCUT2D eigenvalue weighted by molar-refractivity contribution is 8.26. The van der Waals surface area contributed by atoms with Crippen LogP contribution in [0.25, 0.3) is 6.08 Å². The minimum Gasteiger partial charge on any atom is -0.484 e. The molecule has 2 amide bonds. The Morgan fingerprint density at radius 1 is 1.16 bits per heavy atom. The van der Waals surface area contributed by atoms with Gasteiger partial charge in [-0.25, -0.2) is 0 Å². The van der Waals surface area contributed by atoms with Gasteiger partial charge in [0.25, 0.3) is 11.8 Å². The van der Waals surface area contributed by atoms with E-state index >= 15 is 0 Å². The standard InChI is InChI=1S/C22H28N2O5S2/c1-4-23(5-2)19(25)15-29-17-11-9-16(10-12-17)14-18-21(27)24(22(30)31-18)13-7-8-20(26)28-6-3/h9-12,14H,4-8,13,15H2,1-3H3/b18-14+. The number of ether oxygens (including phenoxy) is 2. The Bertz CT molecular complexity index is 835. The first kappa shape index (κ1) is 24.9. The lowest BCUT2D eigenvalue weighted by atomic mass is 10.2. The quantitative estimate of drug-likeness (QED) is 0.282. The molecule has 1 fully saturated rings. The number of hydrogen-bond donors (Lipinski definition) is 0. The van der Waals surface area contributed by atoms with Gasteiger partial charge in [0, 0.05) is 26.1 Å². The average molecular weight is 465 g/mol. The fourth-order valence-electron chi connectivity index (χ4n) is 2.93. The van der Waals surface area contributed by atoms with Crippen LogP contribution in [0.1, 0.15) is 39.2 Å². The van der Waals surface area contributed by atoms with Crippen LogP contribution in [0.2, 0.25) is 0 Å². The van der Waals surface area contributed by atoms with Crippen LogP contribution in [0, 0.1) is 0 Å². The Balaban J connectivity index is 1.91. The molecule has 7 nitrogen and oxygen atoms in total. The summed E-state index contributed by atoms with van der Waals surface area (Å²) >= 11 is 6.56. The second-order valence-electron chi connectivity index (χ2n) is 6.67. The Kier molecular flexibility index (Phi) is 10.00. The Morgan fingerprint density at radius 2 is 1.84 bits per heavy atom. The van der Waals surface area contributed by atoms with Gasteiger partial charge in [-0.15, -0.1) is 0 Å². The van der Waals surface area contributed by atoms with Gasteiger partial charge in [-0.2, -0.15) is 0 Å². The van der Waals surface area contributed by atoms with Crippen LogP contribution in [0.4, 0.5) is 0 Å². The fraction of sp³-hybridized carbons (Fsp3) is 0.455. The van der Waals surface area contributed by atoms with E-state index in [0.29, 0.717) is 47.6 Å². The number of hydrogen-bond acceptors (Lipinski definition) is 7. The number of likely N-dealkylation sites (N-methyl/N-ethyl adjacent to an activating group) is 1. The molecule has 1 aliphatic heterocycles. The molecule has 0 N–H and O–H groups in total. The lowest BCUT2D eigenvalue weighted by Crippen LogP contribution is -2.34. The highest BCUT2D eigenvalue weighted by Crippen LogP contribution is 2.33. The molecule has 1 aromatic rings. The molecule has 0 atom stereocenters. The van der Waals surface area contributed by atoms with Crippen LogP contribution in [0.5, 0.6) is 5.75 Å². The molecule has 1 saturated heterocycles. The molecule has 1 heterocycles. The average Bonchev–Trinajstić information content (AvgIpc) is 3.01. The van der Waals surface area contributed by atoms with E-state index in [-0.39, 0.29) is 30.8 Å². The van der Waals surface area contributed by atoms with Crippen LogP contribution in [-0.2, 0) is 19.1 Å². The summed E-state index contributed by atoms with van der Waals surface area (Å²) in [5.74, 6) is 0.0958. The molecule has 1 aliphatic rings. The van der Waals surface area contributed by atoms with Crippen molar-refractivity contribution in [3.05, 3.63) is 34.7 Å². The van der Waals surface area contributed by atoms with Crippen molar-refractivity contribution >= 4 is 52.2 Å². The summed E-state index contributed by atoms with van der Waals surface area (Å²) in [5, 5.41) is 0. The van der Waals surface area contributed by atoms with E-state index < -0.39 is 0 Å². The number of esters is 1. The van der Waals surface area contributed by atoms with Gasteiger partial charge in [-0.1, -0.05) is 36.1 Å². The topological polar surface area (TPSA) is 76.1 Å². The number of thioether (sulfide) groups is 1. The van der Waals surface area contributed by atoms with Gasteiger partial charge in [0.05, 0.1) is 11.5 Å².